The lowest BCUT2D eigenvalue weighted by Gasteiger charge is -2.32. The minimum Gasteiger partial charge on any atom is -0.338 e. The topological polar surface area (TPSA) is 58.3 Å². The summed E-state index contributed by atoms with van der Waals surface area (Å²) in [5.74, 6) is 0.861. The zero-order chi connectivity index (χ0) is 20.1. The van der Waals surface area contributed by atoms with Gasteiger partial charge in [0.05, 0.1) is 0 Å². The van der Waals surface area contributed by atoms with Crippen LogP contribution in [-0.4, -0.2) is 68.6 Å². The van der Waals surface area contributed by atoms with Gasteiger partial charge in [-0.1, -0.05) is 26.0 Å². The molecular weight excluding hydrogens is 352 g/mol. The number of hydrogen-bond donors (Lipinski definition) is 3. The maximum Gasteiger partial charge on any atom is 0.282 e. The molecule has 6 nitrogen and oxygen atoms in total. The quantitative estimate of drug-likeness (QED) is 0.618. The van der Waals surface area contributed by atoms with Crippen molar-refractivity contribution in [2.75, 3.05) is 51.1 Å². The summed E-state index contributed by atoms with van der Waals surface area (Å²) in [6.07, 6.45) is 2.29. The van der Waals surface area contributed by atoms with Crippen molar-refractivity contribution in [1.29, 1.82) is 0 Å². The molecule has 0 aromatic heterocycles. The first-order chi connectivity index (χ1) is 13.4. The summed E-state index contributed by atoms with van der Waals surface area (Å²) in [5, 5.41) is 3.06. The van der Waals surface area contributed by atoms with Crippen molar-refractivity contribution >= 4 is 17.5 Å². The Hall–Kier alpha value is -1.92. The average molecular weight is 389 g/mol. The SMILES string of the molecule is CC(C)c1ccc(NC(=O)[C@@H](C)[NH+]2CC[NH+](CC(=O)N3CCCC3)CC2)cc1. The number of nitrogens with zero attached hydrogens (tertiary/aromatic N) is 1. The van der Waals surface area contributed by atoms with Crippen LogP contribution in [-0.2, 0) is 9.59 Å². The molecule has 0 bridgehead atoms. The minimum absolute atomic E-state index is 0.0730. The first-order valence-corrected chi connectivity index (χ1v) is 10.8. The molecule has 2 aliphatic heterocycles. The lowest BCUT2D eigenvalue weighted by molar-refractivity contribution is -1.01. The largest absolute Gasteiger partial charge is 0.338 e. The Bertz CT molecular complexity index is 660. The molecule has 3 rings (SSSR count). The predicted molar refractivity (Wildman–Crippen MR) is 111 cm³/mol. The van der Waals surface area contributed by atoms with Crippen LogP contribution in [0, 0.1) is 0 Å². The number of quaternary nitrogens is 2. The van der Waals surface area contributed by atoms with Crippen LogP contribution in [0.2, 0.25) is 0 Å². The monoisotopic (exact) mass is 388 g/mol. The molecule has 0 unspecified atom stereocenters. The summed E-state index contributed by atoms with van der Waals surface area (Å²) in [6.45, 7) is 12.6. The molecule has 3 N–H and O–H groups in total. The second-order valence-corrected chi connectivity index (χ2v) is 8.66. The van der Waals surface area contributed by atoms with Crippen LogP contribution in [0.15, 0.2) is 24.3 Å². The van der Waals surface area contributed by atoms with Gasteiger partial charge >= 0.3 is 0 Å². The van der Waals surface area contributed by atoms with E-state index in [0.29, 0.717) is 18.4 Å². The molecule has 1 atom stereocenters. The highest BCUT2D eigenvalue weighted by atomic mass is 16.2. The number of amides is 2. The maximum atomic E-state index is 12.7. The molecule has 154 valence electrons. The van der Waals surface area contributed by atoms with E-state index < -0.39 is 0 Å². The molecular formula is C22H36N4O2+2. The Balaban J connectivity index is 1.44. The summed E-state index contributed by atoms with van der Waals surface area (Å²) in [6, 6.07) is 8.05. The standard InChI is InChI=1S/C22H34N4O2/c1-17(2)19-6-8-20(9-7-19)23-22(28)18(3)25-14-12-24(13-15-25)16-21(27)26-10-4-5-11-26/h6-9,17-18H,4-5,10-16H2,1-3H3,(H,23,28)/p+2/t18-/m1/s1. The number of rotatable bonds is 6. The second-order valence-electron chi connectivity index (χ2n) is 8.66. The van der Waals surface area contributed by atoms with E-state index in [4.69, 9.17) is 0 Å². The third-order valence-electron chi connectivity index (χ3n) is 6.31. The normalized spacial score (nSPS) is 23.6. The summed E-state index contributed by atoms with van der Waals surface area (Å²) >= 11 is 0. The Morgan fingerprint density at radius 1 is 1.00 bits per heavy atom. The molecule has 1 aromatic rings. The fourth-order valence-electron chi connectivity index (χ4n) is 4.21. The van der Waals surface area contributed by atoms with Crippen LogP contribution < -0.4 is 15.1 Å². The van der Waals surface area contributed by atoms with Gasteiger partial charge in [-0.3, -0.25) is 9.59 Å². The van der Waals surface area contributed by atoms with Crippen molar-refractivity contribution in [3.8, 4) is 0 Å². The number of benzene rings is 1. The van der Waals surface area contributed by atoms with Crippen LogP contribution >= 0.6 is 0 Å². The van der Waals surface area contributed by atoms with E-state index >= 15 is 0 Å². The van der Waals surface area contributed by atoms with Gasteiger partial charge in [-0.2, -0.15) is 0 Å². The van der Waals surface area contributed by atoms with Gasteiger partial charge in [0, 0.05) is 18.8 Å². The third-order valence-corrected chi connectivity index (χ3v) is 6.31. The van der Waals surface area contributed by atoms with Gasteiger partial charge in [0.2, 0.25) is 0 Å². The number of nitrogens with one attached hydrogen (secondary N) is 3. The van der Waals surface area contributed by atoms with Gasteiger partial charge in [0.15, 0.2) is 12.6 Å². The highest BCUT2D eigenvalue weighted by Crippen LogP contribution is 2.17. The Labute approximate surface area is 168 Å². The van der Waals surface area contributed by atoms with E-state index in [2.05, 4.69) is 31.3 Å². The smallest absolute Gasteiger partial charge is 0.282 e. The Morgan fingerprint density at radius 2 is 1.61 bits per heavy atom. The highest BCUT2D eigenvalue weighted by Gasteiger charge is 2.32. The molecule has 2 aliphatic rings. The molecule has 0 radical (unpaired) electrons. The number of hydrogen-bond acceptors (Lipinski definition) is 2. The molecule has 28 heavy (non-hydrogen) atoms. The van der Waals surface area contributed by atoms with Crippen LogP contribution in [0.4, 0.5) is 5.69 Å². The fourth-order valence-corrected chi connectivity index (χ4v) is 4.21. The van der Waals surface area contributed by atoms with Crippen molar-refractivity contribution in [2.24, 2.45) is 0 Å². The van der Waals surface area contributed by atoms with Crippen LogP contribution in [0.1, 0.15) is 45.1 Å². The van der Waals surface area contributed by atoms with Crippen molar-refractivity contribution in [3.63, 3.8) is 0 Å². The van der Waals surface area contributed by atoms with Crippen molar-refractivity contribution < 1.29 is 19.4 Å². The first-order valence-electron chi connectivity index (χ1n) is 10.8. The Kier molecular flexibility index (Phi) is 7.08. The van der Waals surface area contributed by atoms with E-state index in [1.807, 2.05) is 24.0 Å². The van der Waals surface area contributed by atoms with E-state index in [1.54, 1.807) is 0 Å². The van der Waals surface area contributed by atoms with E-state index in [0.717, 1.165) is 57.8 Å². The van der Waals surface area contributed by atoms with E-state index in [9.17, 15) is 9.59 Å². The van der Waals surface area contributed by atoms with Crippen LogP contribution in [0.25, 0.3) is 0 Å². The van der Waals surface area contributed by atoms with Crippen LogP contribution in [0.5, 0.6) is 0 Å². The van der Waals surface area contributed by atoms with Gasteiger partial charge in [-0.25, -0.2) is 0 Å². The lowest BCUT2D eigenvalue weighted by Crippen LogP contribution is -3.30. The molecule has 0 spiro atoms. The lowest BCUT2D eigenvalue weighted by atomic mass is 10.0. The van der Waals surface area contributed by atoms with Crippen molar-refractivity contribution in [3.05, 3.63) is 29.8 Å². The summed E-state index contributed by atoms with van der Waals surface area (Å²) in [5.41, 5.74) is 2.14. The summed E-state index contributed by atoms with van der Waals surface area (Å²) in [7, 11) is 0. The molecule has 2 fully saturated rings. The van der Waals surface area contributed by atoms with Gasteiger partial charge in [0.1, 0.15) is 26.2 Å². The fraction of sp³-hybridized carbons (Fsp3) is 0.636. The molecule has 2 saturated heterocycles. The number of piperazine rings is 1. The zero-order valence-electron chi connectivity index (χ0n) is 17.6. The maximum absolute atomic E-state index is 12.7. The number of likely N-dealkylation sites (tertiary alicyclic amines) is 1. The number of carbonyl (C=O) groups is 2. The zero-order valence-corrected chi connectivity index (χ0v) is 17.6. The molecule has 0 aliphatic carbocycles. The minimum atomic E-state index is -0.0828. The Morgan fingerprint density at radius 3 is 2.18 bits per heavy atom. The molecule has 2 amide bonds. The van der Waals surface area contributed by atoms with E-state index in [-0.39, 0.29) is 11.9 Å². The molecule has 6 heteroatoms. The average Bonchev–Trinajstić information content (AvgIpc) is 3.23. The summed E-state index contributed by atoms with van der Waals surface area (Å²) in [4.78, 5) is 29.7. The second kappa shape index (κ2) is 9.52. The molecule has 0 saturated carbocycles. The molecule has 2 heterocycles. The number of anilines is 1. The number of carbonyl (C=O) groups excluding carboxylic acids is 2. The highest BCUT2D eigenvalue weighted by molar-refractivity contribution is 5.93. The van der Waals surface area contributed by atoms with Gasteiger partial charge in [-0.05, 0) is 43.4 Å². The van der Waals surface area contributed by atoms with Crippen LogP contribution in [0.3, 0.4) is 0 Å². The van der Waals surface area contributed by atoms with Crippen molar-refractivity contribution in [2.45, 2.75) is 45.6 Å². The van der Waals surface area contributed by atoms with Gasteiger partial charge < -0.3 is 20.0 Å². The van der Waals surface area contributed by atoms with Gasteiger partial charge in [0.25, 0.3) is 11.8 Å². The molecule has 1 aromatic carbocycles. The predicted octanol–water partition coefficient (Wildman–Crippen LogP) is -0.457. The first kappa shape index (κ1) is 20.8. The third kappa shape index (κ3) is 5.32. The van der Waals surface area contributed by atoms with Gasteiger partial charge in [-0.15, -0.1) is 0 Å². The summed E-state index contributed by atoms with van der Waals surface area (Å²) < 4.78 is 0. The van der Waals surface area contributed by atoms with E-state index in [1.165, 1.54) is 15.4 Å². The van der Waals surface area contributed by atoms with Crippen molar-refractivity contribution in [1.82, 2.24) is 4.90 Å².